The van der Waals surface area contributed by atoms with E-state index in [-0.39, 0.29) is 5.91 Å². The van der Waals surface area contributed by atoms with Gasteiger partial charge in [-0.05, 0) is 56.3 Å². The van der Waals surface area contributed by atoms with Gasteiger partial charge >= 0.3 is 6.09 Å². The maximum Gasteiger partial charge on any atom is 0.408 e. The summed E-state index contributed by atoms with van der Waals surface area (Å²) in [5.41, 5.74) is 1.29. The summed E-state index contributed by atoms with van der Waals surface area (Å²) >= 11 is 0. The zero-order chi connectivity index (χ0) is 22.7. The second-order valence-corrected chi connectivity index (χ2v) is 8.91. The van der Waals surface area contributed by atoms with Gasteiger partial charge in [-0.25, -0.2) is 4.79 Å². The van der Waals surface area contributed by atoms with E-state index in [0.29, 0.717) is 19.6 Å². The number of ether oxygens (including phenoxy) is 2. The Morgan fingerprint density at radius 1 is 1.06 bits per heavy atom. The van der Waals surface area contributed by atoms with E-state index in [4.69, 9.17) is 9.47 Å². The zero-order valence-corrected chi connectivity index (χ0v) is 18.6. The number of carbonyl (C=O) groups excluding carboxylic acids is 2. The number of hydrogen-bond donors (Lipinski definition) is 1. The highest BCUT2D eigenvalue weighted by atomic mass is 16.6. The Kier molecular flexibility index (Phi) is 6.04. The molecule has 0 unspecified atom stereocenters. The van der Waals surface area contributed by atoms with Crippen LogP contribution in [-0.4, -0.2) is 30.2 Å². The van der Waals surface area contributed by atoms with Gasteiger partial charge in [0.15, 0.2) is 0 Å². The Labute approximate surface area is 188 Å². The fourth-order valence-electron chi connectivity index (χ4n) is 3.80. The van der Waals surface area contributed by atoms with E-state index in [1.807, 2.05) is 66.7 Å². The third kappa shape index (κ3) is 5.02. The maximum atomic E-state index is 13.1. The van der Waals surface area contributed by atoms with E-state index >= 15 is 0 Å². The van der Waals surface area contributed by atoms with Crippen LogP contribution in [0.5, 0.6) is 5.75 Å². The van der Waals surface area contributed by atoms with Crippen molar-refractivity contribution in [3.63, 3.8) is 0 Å². The number of nitrogens with zero attached hydrogens (tertiary/aromatic N) is 1. The van der Waals surface area contributed by atoms with Crippen LogP contribution in [0.15, 0.2) is 66.7 Å². The Morgan fingerprint density at radius 3 is 2.59 bits per heavy atom. The number of hydrogen-bond acceptors (Lipinski definition) is 4. The highest BCUT2D eigenvalue weighted by molar-refractivity contribution is 6.07. The van der Waals surface area contributed by atoms with Crippen LogP contribution in [-0.2, 0) is 16.1 Å². The minimum absolute atomic E-state index is 0.140. The smallest absolute Gasteiger partial charge is 0.408 e. The molecule has 3 aromatic carbocycles. The number of carbonyl (C=O) groups is 2. The molecular weight excluding hydrogens is 404 g/mol. The van der Waals surface area contributed by atoms with Crippen LogP contribution in [0, 0.1) is 0 Å². The molecule has 32 heavy (non-hydrogen) atoms. The molecule has 1 fully saturated rings. The SMILES string of the molecule is CC(C)(C)OC(=O)N[C@@H]1CCN(c2cccc3ccc(OCc4ccccc4)cc23)C1=O. The van der Waals surface area contributed by atoms with Crippen LogP contribution in [0.2, 0.25) is 0 Å². The Hall–Kier alpha value is -3.54. The van der Waals surface area contributed by atoms with Gasteiger partial charge in [-0.1, -0.05) is 48.5 Å². The summed E-state index contributed by atoms with van der Waals surface area (Å²) in [6.45, 7) is 6.38. The number of fused-ring (bicyclic) bond motifs is 1. The summed E-state index contributed by atoms with van der Waals surface area (Å²) in [4.78, 5) is 26.9. The first-order valence-electron chi connectivity index (χ1n) is 10.8. The topological polar surface area (TPSA) is 67.9 Å². The standard InChI is InChI=1S/C26H28N2O4/c1-26(2,3)32-25(30)27-22-14-15-28(24(22)29)23-11-7-10-19-12-13-20(16-21(19)23)31-17-18-8-5-4-6-9-18/h4-13,16,22H,14-15,17H2,1-3H3,(H,27,30)/t22-/m1/s1. The largest absolute Gasteiger partial charge is 0.489 e. The van der Waals surface area contributed by atoms with Crippen molar-refractivity contribution < 1.29 is 19.1 Å². The van der Waals surface area contributed by atoms with Gasteiger partial charge in [0.1, 0.15) is 24.0 Å². The highest BCUT2D eigenvalue weighted by Crippen LogP contribution is 2.33. The van der Waals surface area contributed by atoms with E-state index in [9.17, 15) is 9.59 Å². The van der Waals surface area contributed by atoms with Crippen LogP contribution in [0.1, 0.15) is 32.8 Å². The molecule has 1 N–H and O–H groups in total. The van der Waals surface area contributed by atoms with Crippen molar-refractivity contribution in [1.29, 1.82) is 0 Å². The predicted molar refractivity (Wildman–Crippen MR) is 125 cm³/mol. The van der Waals surface area contributed by atoms with Crippen molar-refractivity contribution in [3.8, 4) is 5.75 Å². The molecule has 0 spiro atoms. The first-order valence-corrected chi connectivity index (χ1v) is 10.8. The normalized spacial score (nSPS) is 16.3. The molecule has 1 heterocycles. The molecule has 2 amide bonds. The third-order valence-electron chi connectivity index (χ3n) is 5.27. The second kappa shape index (κ2) is 8.91. The molecule has 1 aliphatic heterocycles. The van der Waals surface area contributed by atoms with Crippen LogP contribution in [0.25, 0.3) is 10.8 Å². The molecule has 6 heteroatoms. The molecule has 0 saturated carbocycles. The van der Waals surface area contributed by atoms with Crippen molar-refractivity contribution in [2.45, 2.75) is 45.4 Å². The van der Waals surface area contributed by atoms with Crippen LogP contribution in [0.3, 0.4) is 0 Å². The first kappa shape index (κ1) is 21.7. The summed E-state index contributed by atoms with van der Waals surface area (Å²) < 4.78 is 11.3. The zero-order valence-electron chi connectivity index (χ0n) is 18.6. The van der Waals surface area contributed by atoms with Crippen molar-refractivity contribution in [3.05, 3.63) is 72.3 Å². The number of nitrogens with one attached hydrogen (secondary N) is 1. The highest BCUT2D eigenvalue weighted by Gasteiger charge is 2.35. The quantitative estimate of drug-likeness (QED) is 0.613. The summed E-state index contributed by atoms with van der Waals surface area (Å²) in [6, 6.07) is 21.2. The minimum Gasteiger partial charge on any atom is -0.489 e. The summed E-state index contributed by atoms with van der Waals surface area (Å²) in [5, 5.41) is 4.66. The third-order valence-corrected chi connectivity index (χ3v) is 5.27. The molecule has 1 saturated heterocycles. The molecule has 0 aliphatic carbocycles. The van der Waals surface area contributed by atoms with E-state index in [1.54, 1.807) is 25.7 Å². The summed E-state index contributed by atoms with van der Waals surface area (Å²) in [7, 11) is 0. The average Bonchev–Trinajstić information content (AvgIpc) is 3.11. The van der Waals surface area contributed by atoms with E-state index in [0.717, 1.165) is 27.8 Å². The van der Waals surface area contributed by atoms with Crippen molar-refractivity contribution >= 4 is 28.5 Å². The van der Waals surface area contributed by atoms with Gasteiger partial charge in [-0.2, -0.15) is 0 Å². The molecule has 0 aromatic heterocycles. The van der Waals surface area contributed by atoms with Gasteiger partial charge in [0.2, 0.25) is 5.91 Å². The lowest BCUT2D eigenvalue weighted by Gasteiger charge is -2.22. The van der Waals surface area contributed by atoms with Crippen molar-refractivity contribution in [2.24, 2.45) is 0 Å². The molecule has 1 atom stereocenters. The number of benzene rings is 3. The van der Waals surface area contributed by atoms with E-state index in [2.05, 4.69) is 5.32 Å². The van der Waals surface area contributed by atoms with E-state index in [1.165, 1.54) is 0 Å². The lowest BCUT2D eigenvalue weighted by molar-refractivity contribution is -0.118. The minimum atomic E-state index is -0.614. The lowest BCUT2D eigenvalue weighted by Crippen LogP contribution is -2.43. The van der Waals surface area contributed by atoms with Crippen LogP contribution in [0.4, 0.5) is 10.5 Å². The molecule has 0 radical (unpaired) electrons. The predicted octanol–water partition coefficient (Wildman–Crippen LogP) is 5.05. The van der Waals surface area contributed by atoms with Crippen LogP contribution >= 0.6 is 0 Å². The number of alkyl carbamates (subject to hydrolysis) is 1. The maximum absolute atomic E-state index is 13.1. The summed E-state index contributed by atoms with van der Waals surface area (Å²) in [5.74, 6) is 0.600. The fraction of sp³-hybridized carbons (Fsp3) is 0.308. The monoisotopic (exact) mass is 432 g/mol. The van der Waals surface area contributed by atoms with Crippen molar-refractivity contribution in [2.75, 3.05) is 11.4 Å². The van der Waals surface area contributed by atoms with Gasteiger partial charge in [-0.15, -0.1) is 0 Å². The Morgan fingerprint density at radius 2 is 1.84 bits per heavy atom. The van der Waals surface area contributed by atoms with Crippen LogP contribution < -0.4 is 15.0 Å². The number of rotatable bonds is 5. The fourth-order valence-corrected chi connectivity index (χ4v) is 3.80. The molecule has 3 aromatic rings. The Balaban J connectivity index is 1.52. The number of amides is 2. The van der Waals surface area contributed by atoms with E-state index < -0.39 is 17.7 Å². The van der Waals surface area contributed by atoms with Gasteiger partial charge in [0.05, 0.1) is 5.69 Å². The average molecular weight is 433 g/mol. The molecule has 4 rings (SSSR count). The van der Waals surface area contributed by atoms with Crippen molar-refractivity contribution in [1.82, 2.24) is 5.32 Å². The molecule has 6 nitrogen and oxygen atoms in total. The molecular formula is C26H28N2O4. The molecule has 1 aliphatic rings. The summed E-state index contributed by atoms with van der Waals surface area (Å²) in [6.07, 6.45) is -0.0502. The first-order chi connectivity index (χ1) is 15.3. The second-order valence-electron chi connectivity index (χ2n) is 8.91. The van der Waals surface area contributed by atoms with Gasteiger partial charge < -0.3 is 19.7 Å². The molecule has 166 valence electrons. The number of anilines is 1. The lowest BCUT2D eigenvalue weighted by atomic mass is 10.1. The van der Waals surface area contributed by atoms with Gasteiger partial charge in [-0.3, -0.25) is 4.79 Å². The van der Waals surface area contributed by atoms with Gasteiger partial charge in [0, 0.05) is 11.9 Å². The molecule has 0 bridgehead atoms. The Bertz CT molecular complexity index is 1120. The van der Waals surface area contributed by atoms with Gasteiger partial charge in [0.25, 0.3) is 0 Å².